The average molecular weight is 302 g/mol. The van der Waals surface area contributed by atoms with Crippen LogP contribution in [0.25, 0.3) is 0 Å². The Morgan fingerprint density at radius 1 is 1.40 bits per heavy atom. The molecule has 0 heterocycles. The number of hydrogen-bond acceptors (Lipinski definition) is 5. The molecule has 0 aliphatic rings. The second-order valence-corrected chi connectivity index (χ2v) is 5.42. The summed E-state index contributed by atoms with van der Waals surface area (Å²) in [6.45, 7) is 2.71. The molecule has 0 unspecified atom stereocenters. The molecular weight excluding hydrogens is 284 g/mol. The van der Waals surface area contributed by atoms with E-state index >= 15 is 0 Å². The van der Waals surface area contributed by atoms with Crippen LogP contribution < -0.4 is 15.2 Å². The molecule has 3 N–H and O–H groups in total. The summed E-state index contributed by atoms with van der Waals surface area (Å²) >= 11 is 0. The minimum atomic E-state index is -3.97. The number of carbonyl (C=O) groups excluding carboxylic acids is 1. The summed E-state index contributed by atoms with van der Waals surface area (Å²) in [5.41, 5.74) is 0.189. The van der Waals surface area contributed by atoms with Gasteiger partial charge in [-0.05, 0) is 25.1 Å². The molecule has 0 bridgehead atoms. The highest BCUT2D eigenvalue weighted by molar-refractivity contribution is 7.89. The van der Waals surface area contributed by atoms with Crippen LogP contribution in [-0.2, 0) is 14.8 Å². The number of nitrogens with two attached hydrogens (primary N) is 1. The second kappa shape index (κ2) is 7.22. The molecule has 1 aromatic carbocycles. The van der Waals surface area contributed by atoms with Gasteiger partial charge in [0.2, 0.25) is 10.0 Å². The van der Waals surface area contributed by atoms with Crippen LogP contribution in [0.3, 0.4) is 0 Å². The molecule has 0 radical (unpaired) electrons. The SMILES string of the molecule is CCOc1ccc(C(=O)NCCOC)cc1S(N)(=O)=O. The Hall–Kier alpha value is -1.64. The molecule has 20 heavy (non-hydrogen) atoms. The fourth-order valence-corrected chi connectivity index (χ4v) is 2.21. The Bertz CT molecular complexity index is 571. The van der Waals surface area contributed by atoms with E-state index < -0.39 is 15.9 Å². The minimum absolute atomic E-state index is 0.128. The van der Waals surface area contributed by atoms with E-state index in [4.69, 9.17) is 14.6 Å². The summed E-state index contributed by atoms with van der Waals surface area (Å²) in [4.78, 5) is 11.6. The van der Waals surface area contributed by atoms with Gasteiger partial charge >= 0.3 is 0 Å². The van der Waals surface area contributed by atoms with Crippen molar-refractivity contribution in [3.63, 3.8) is 0 Å². The number of rotatable bonds is 7. The molecule has 7 nitrogen and oxygen atoms in total. The maximum Gasteiger partial charge on any atom is 0.251 e. The molecule has 0 spiro atoms. The summed E-state index contributed by atoms with van der Waals surface area (Å²) < 4.78 is 33.0. The molecule has 112 valence electrons. The van der Waals surface area contributed by atoms with Crippen molar-refractivity contribution in [3.05, 3.63) is 23.8 Å². The van der Waals surface area contributed by atoms with Gasteiger partial charge in [0.05, 0.1) is 13.2 Å². The highest BCUT2D eigenvalue weighted by atomic mass is 32.2. The van der Waals surface area contributed by atoms with E-state index in [0.717, 1.165) is 0 Å². The Labute approximate surface area is 118 Å². The van der Waals surface area contributed by atoms with Gasteiger partial charge in [0.15, 0.2) is 0 Å². The molecule has 0 fully saturated rings. The van der Waals surface area contributed by atoms with Crippen molar-refractivity contribution in [2.24, 2.45) is 5.14 Å². The number of primary sulfonamides is 1. The van der Waals surface area contributed by atoms with E-state index in [9.17, 15) is 13.2 Å². The van der Waals surface area contributed by atoms with Gasteiger partial charge < -0.3 is 14.8 Å². The summed E-state index contributed by atoms with van der Waals surface area (Å²) in [5.74, 6) is -0.279. The molecular formula is C12H18N2O5S. The highest BCUT2D eigenvalue weighted by Gasteiger charge is 2.18. The van der Waals surface area contributed by atoms with Crippen molar-refractivity contribution in [1.82, 2.24) is 5.32 Å². The number of hydrogen-bond donors (Lipinski definition) is 2. The first-order valence-electron chi connectivity index (χ1n) is 5.97. The first kappa shape index (κ1) is 16.4. The Morgan fingerprint density at radius 3 is 2.65 bits per heavy atom. The maximum atomic E-state index is 11.8. The number of carbonyl (C=O) groups is 1. The summed E-state index contributed by atoms with van der Waals surface area (Å²) in [5, 5.41) is 7.71. The smallest absolute Gasteiger partial charge is 0.251 e. The Morgan fingerprint density at radius 2 is 2.10 bits per heavy atom. The van der Waals surface area contributed by atoms with Crippen LogP contribution in [0, 0.1) is 0 Å². The van der Waals surface area contributed by atoms with Crippen molar-refractivity contribution in [3.8, 4) is 5.75 Å². The van der Waals surface area contributed by atoms with Crippen LogP contribution in [-0.4, -0.2) is 41.2 Å². The number of ether oxygens (including phenoxy) is 2. The number of methoxy groups -OCH3 is 1. The monoisotopic (exact) mass is 302 g/mol. The van der Waals surface area contributed by atoms with Crippen molar-refractivity contribution >= 4 is 15.9 Å². The molecule has 8 heteroatoms. The van der Waals surface area contributed by atoms with Gasteiger partial charge in [-0.25, -0.2) is 13.6 Å². The molecule has 0 aromatic heterocycles. The van der Waals surface area contributed by atoms with Crippen LogP contribution in [0.5, 0.6) is 5.75 Å². The van der Waals surface area contributed by atoms with Crippen molar-refractivity contribution in [1.29, 1.82) is 0 Å². The summed E-state index contributed by atoms with van der Waals surface area (Å²) in [6, 6.07) is 4.08. The fraction of sp³-hybridized carbons (Fsp3) is 0.417. The lowest BCUT2D eigenvalue weighted by Crippen LogP contribution is -2.27. The van der Waals surface area contributed by atoms with E-state index in [-0.39, 0.29) is 16.2 Å². The van der Waals surface area contributed by atoms with E-state index in [2.05, 4.69) is 5.32 Å². The molecule has 0 saturated carbocycles. The fourth-order valence-electron chi connectivity index (χ4n) is 1.52. The van der Waals surface area contributed by atoms with E-state index in [0.29, 0.717) is 19.8 Å². The third-order valence-corrected chi connectivity index (χ3v) is 3.34. The lowest BCUT2D eigenvalue weighted by molar-refractivity contribution is 0.0937. The minimum Gasteiger partial charge on any atom is -0.492 e. The number of sulfonamides is 1. The molecule has 0 saturated heterocycles. The van der Waals surface area contributed by atoms with Crippen molar-refractivity contribution in [2.45, 2.75) is 11.8 Å². The zero-order valence-corrected chi connectivity index (χ0v) is 12.2. The van der Waals surface area contributed by atoms with Gasteiger partial charge in [0.1, 0.15) is 10.6 Å². The largest absolute Gasteiger partial charge is 0.492 e. The Kier molecular flexibility index (Phi) is 5.93. The molecule has 1 rings (SSSR count). The number of nitrogens with one attached hydrogen (secondary N) is 1. The summed E-state index contributed by atoms with van der Waals surface area (Å²) in [7, 11) is -2.45. The second-order valence-electron chi connectivity index (χ2n) is 3.89. The maximum absolute atomic E-state index is 11.8. The Balaban J connectivity index is 3.03. The lowest BCUT2D eigenvalue weighted by atomic mass is 10.2. The first-order chi connectivity index (χ1) is 9.40. The van der Waals surface area contributed by atoms with E-state index in [1.54, 1.807) is 6.92 Å². The number of amides is 1. The van der Waals surface area contributed by atoms with E-state index in [1.807, 2.05) is 0 Å². The first-order valence-corrected chi connectivity index (χ1v) is 7.51. The standard InChI is InChI=1S/C12H18N2O5S/c1-3-19-10-5-4-9(8-11(10)20(13,16)17)12(15)14-6-7-18-2/h4-5,8H,3,6-7H2,1-2H3,(H,14,15)(H2,13,16,17). The van der Waals surface area contributed by atoms with Crippen LogP contribution in [0.15, 0.2) is 23.1 Å². The third-order valence-electron chi connectivity index (χ3n) is 2.40. The molecule has 0 aliphatic carbocycles. The van der Waals surface area contributed by atoms with Crippen molar-refractivity contribution < 1.29 is 22.7 Å². The predicted octanol–water partition coefficient (Wildman–Crippen LogP) is 0.109. The van der Waals surface area contributed by atoms with Gasteiger partial charge in [-0.15, -0.1) is 0 Å². The van der Waals surface area contributed by atoms with Crippen LogP contribution in [0.2, 0.25) is 0 Å². The molecule has 0 aliphatic heterocycles. The van der Waals surface area contributed by atoms with Gasteiger partial charge in [-0.3, -0.25) is 4.79 Å². The molecule has 0 atom stereocenters. The zero-order valence-electron chi connectivity index (χ0n) is 11.4. The predicted molar refractivity (Wildman–Crippen MR) is 73.2 cm³/mol. The summed E-state index contributed by atoms with van der Waals surface area (Å²) in [6.07, 6.45) is 0. The topological polar surface area (TPSA) is 108 Å². The van der Waals surface area contributed by atoms with Crippen LogP contribution >= 0.6 is 0 Å². The van der Waals surface area contributed by atoms with Gasteiger partial charge in [0, 0.05) is 19.2 Å². The van der Waals surface area contributed by atoms with E-state index in [1.165, 1.54) is 25.3 Å². The van der Waals surface area contributed by atoms with Crippen molar-refractivity contribution in [2.75, 3.05) is 26.9 Å². The van der Waals surface area contributed by atoms with Gasteiger partial charge in [-0.1, -0.05) is 0 Å². The zero-order chi connectivity index (χ0) is 15.2. The molecule has 1 amide bonds. The average Bonchev–Trinajstić information content (AvgIpc) is 2.38. The van der Waals surface area contributed by atoms with Gasteiger partial charge in [-0.2, -0.15) is 0 Å². The lowest BCUT2D eigenvalue weighted by Gasteiger charge is -2.10. The normalized spacial score (nSPS) is 11.2. The molecule has 1 aromatic rings. The third kappa shape index (κ3) is 4.48. The highest BCUT2D eigenvalue weighted by Crippen LogP contribution is 2.24. The van der Waals surface area contributed by atoms with Crippen LogP contribution in [0.4, 0.5) is 0 Å². The van der Waals surface area contributed by atoms with Crippen LogP contribution in [0.1, 0.15) is 17.3 Å². The quantitative estimate of drug-likeness (QED) is 0.695. The number of benzene rings is 1. The van der Waals surface area contributed by atoms with Gasteiger partial charge in [0.25, 0.3) is 5.91 Å².